The third-order valence-corrected chi connectivity index (χ3v) is 6.21. The van der Waals surface area contributed by atoms with E-state index < -0.39 is 0 Å². The van der Waals surface area contributed by atoms with E-state index in [-0.39, 0.29) is 35.9 Å². The van der Waals surface area contributed by atoms with E-state index >= 15 is 0 Å². The zero-order valence-electron chi connectivity index (χ0n) is 22.7. The Bertz CT molecular complexity index is 1360. The maximum absolute atomic E-state index is 11.5. The van der Waals surface area contributed by atoms with E-state index in [1.54, 1.807) is 26.8 Å². The van der Waals surface area contributed by atoms with Gasteiger partial charge in [0.2, 0.25) is 0 Å². The first kappa shape index (κ1) is 47.5. The molecule has 4 heterocycles. The summed E-state index contributed by atoms with van der Waals surface area (Å²) in [5.41, 5.74) is 6.09. The number of hydrogen-bond donors (Lipinski definition) is 1. The number of thiazole rings is 2. The third-order valence-electron chi connectivity index (χ3n) is 3.82. The van der Waals surface area contributed by atoms with Gasteiger partial charge in [-0.25, -0.2) is 39.5 Å². The Balaban J connectivity index is 0. The molecule has 0 saturated heterocycles. The van der Waals surface area contributed by atoms with Crippen molar-refractivity contribution >= 4 is 173 Å². The predicted molar refractivity (Wildman–Crippen MR) is 219 cm³/mol. The number of nitrogens with two attached hydrogens (primary N) is 1. The van der Waals surface area contributed by atoms with Gasteiger partial charge in [0.15, 0.2) is 5.13 Å². The molecule has 0 aliphatic rings. The number of aromatic nitrogens is 6. The van der Waals surface area contributed by atoms with E-state index in [0.717, 1.165) is 22.0 Å². The van der Waals surface area contributed by atoms with Crippen LogP contribution in [0.2, 0.25) is 15.5 Å². The van der Waals surface area contributed by atoms with Crippen LogP contribution in [0.5, 0.6) is 0 Å². The van der Waals surface area contributed by atoms with Crippen molar-refractivity contribution in [1.82, 2.24) is 29.9 Å². The zero-order valence-corrected chi connectivity index (χ0v) is 39.7. The van der Waals surface area contributed by atoms with Crippen LogP contribution in [0.3, 0.4) is 0 Å². The summed E-state index contributed by atoms with van der Waals surface area (Å²) in [6.45, 7) is 6.03. The second kappa shape index (κ2) is 29.3. The average molecular weight is 1380 g/mol. The molecule has 0 atom stereocenters. The predicted octanol–water partition coefficient (Wildman–Crippen LogP) is 6.51. The molecule has 0 aliphatic carbocycles. The van der Waals surface area contributed by atoms with Crippen molar-refractivity contribution in [2.45, 2.75) is 27.2 Å². The maximum atomic E-state index is 11.5. The Kier molecular flexibility index (Phi) is 31.7. The molecule has 44 heavy (non-hydrogen) atoms. The van der Waals surface area contributed by atoms with E-state index in [1.165, 1.54) is 36.1 Å². The zero-order chi connectivity index (χ0) is 32.8. The number of carbonyl (C=O) groups is 2. The number of halogens is 9. The molecule has 0 aromatic carbocycles. The fraction of sp³-hybridized carbons (Fsp3) is 0.273. The molecule has 0 radical (unpaired) electrons. The summed E-state index contributed by atoms with van der Waals surface area (Å²) in [6.07, 6.45) is 4.77. The topological polar surface area (TPSA) is 156 Å². The molecule has 0 saturated carbocycles. The van der Waals surface area contributed by atoms with E-state index in [0.29, 0.717) is 69.1 Å². The first-order chi connectivity index (χ1) is 20.5. The Morgan fingerprint density at radius 3 is 1.77 bits per heavy atom. The Morgan fingerprint density at radius 1 is 0.864 bits per heavy atom. The monoisotopic (exact) mass is 1380 g/mol. The fourth-order valence-electron chi connectivity index (χ4n) is 2.42. The molecule has 0 aliphatic heterocycles. The van der Waals surface area contributed by atoms with Crippen molar-refractivity contribution in [3.8, 4) is 0 Å². The van der Waals surface area contributed by atoms with Crippen LogP contribution in [0.4, 0.5) is 5.13 Å². The number of hydrogen-bond acceptors (Lipinski definition) is 13. The van der Waals surface area contributed by atoms with E-state index in [1.807, 2.05) is 0 Å². The van der Waals surface area contributed by atoms with Gasteiger partial charge in [-0.05, 0) is 26.8 Å². The summed E-state index contributed by atoms with van der Waals surface area (Å²) in [6, 6.07) is 3.17. The van der Waals surface area contributed by atoms with Crippen LogP contribution in [-0.2, 0) is 15.9 Å². The summed E-state index contributed by atoms with van der Waals surface area (Å²) in [5.74, 6) is -0.0884. The van der Waals surface area contributed by atoms with Gasteiger partial charge in [-0.3, -0.25) is 0 Å². The molecule has 4 rings (SSSR count). The summed E-state index contributed by atoms with van der Waals surface area (Å²) < 4.78 is 9.63. The molecule has 22 heteroatoms. The molecular weight excluding hydrogens is 1360 g/mol. The van der Waals surface area contributed by atoms with Crippen LogP contribution in [0, 0.1) is 6.92 Å². The number of nitrogens with zero attached hydrogens (tertiary/aromatic N) is 6. The molecule has 2 N–H and O–H groups in total. The normalized spacial score (nSPS) is 9.23. The molecule has 0 unspecified atom stereocenters. The van der Waals surface area contributed by atoms with Gasteiger partial charge in [-0.1, -0.05) is 46.1 Å². The van der Waals surface area contributed by atoms with Crippen molar-refractivity contribution in [2.75, 3.05) is 18.9 Å². The Labute approximate surface area is 348 Å². The van der Waals surface area contributed by atoms with Gasteiger partial charge < -0.3 is 15.2 Å². The van der Waals surface area contributed by atoms with Gasteiger partial charge in [-0.15, -0.1) is 35.3 Å². The summed E-state index contributed by atoms with van der Waals surface area (Å²) in [4.78, 5) is 46.8. The molecule has 11 nitrogen and oxygen atoms in total. The van der Waals surface area contributed by atoms with Gasteiger partial charge in [0.05, 0.1) is 36.3 Å². The SMILES string of the molecule is CCOC(=O)c1cnc(Cc2cc(Cl)nc(C)n2)s1.CCOC(=O)c1cnc(N)s1.Clc1cc(Cl)ncn1.I.II.I[I-]I. The summed E-state index contributed by atoms with van der Waals surface area (Å²) in [7, 11) is 0. The molecule has 246 valence electrons. The molecule has 0 bridgehead atoms. The van der Waals surface area contributed by atoms with E-state index in [4.69, 9.17) is 50.0 Å². The molecular formula is C22H23Cl3I6N7O4S2-. The number of rotatable bonds is 6. The van der Waals surface area contributed by atoms with Crippen molar-refractivity contribution < 1.29 is 32.3 Å². The molecule has 4 aromatic rings. The number of carbonyl (C=O) groups excluding carboxylic acids is 2. The second-order valence-corrected chi connectivity index (χ2v) is 26.3. The van der Waals surface area contributed by atoms with Crippen LogP contribution < -0.4 is 19.0 Å². The van der Waals surface area contributed by atoms with Crippen LogP contribution >= 0.6 is 156 Å². The van der Waals surface area contributed by atoms with E-state index in [2.05, 4.69) is 104 Å². The van der Waals surface area contributed by atoms with E-state index in [9.17, 15) is 9.59 Å². The van der Waals surface area contributed by atoms with Crippen molar-refractivity contribution in [3.63, 3.8) is 0 Å². The molecule has 0 spiro atoms. The fourth-order valence-corrected chi connectivity index (χ4v) is 4.42. The van der Waals surface area contributed by atoms with Gasteiger partial charge in [-0.2, -0.15) is 0 Å². The third kappa shape index (κ3) is 22.1. The number of nitrogen functional groups attached to an aromatic ring is 1. The summed E-state index contributed by atoms with van der Waals surface area (Å²) >= 11 is 28.7. The number of ether oxygens (including phenoxy) is 2. The molecule has 0 fully saturated rings. The number of aryl methyl sites for hydroxylation is 1. The van der Waals surface area contributed by atoms with Gasteiger partial charge in [0, 0.05) is 49.7 Å². The first-order valence-electron chi connectivity index (χ1n) is 11.2. The minimum absolute atomic E-state index is 0. The molecule has 4 aromatic heterocycles. The Morgan fingerprint density at radius 2 is 1.36 bits per heavy atom. The average Bonchev–Trinajstić information content (AvgIpc) is 3.60. The van der Waals surface area contributed by atoms with Crippen molar-refractivity contribution in [1.29, 1.82) is 0 Å². The number of esters is 2. The van der Waals surface area contributed by atoms with Crippen LogP contribution in [0.15, 0.2) is 30.9 Å². The Hall–Kier alpha value is 1.41. The van der Waals surface area contributed by atoms with Gasteiger partial charge >= 0.3 is 62.4 Å². The van der Waals surface area contributed by atoms with Crippen LogP contribution in [0.25, 0.3) is 0 Å². The van der Waals surface area contributed by atoms with Gasteiger partial charge in [0.25, 0.3) is 0 Å². The quantitative estimate of drug-likeness (QED) is 0.128. The standard InChI is InChI=1S/C12H12ClN3O2S.C6H8N2O2S.C4H2Cl2N2.I3.I2.HI/c1-3-18-12(17)9-6-14-11(19-9)5-8-4-10(13)16-7(2)15-8;1-2-10-5(9)4-3-8-6(7)11-4;5-3-1-4(6)8-2-7-3;1-3-2;1-2;/h4,6H,3,5H2,1-2H3;3H,2H2,1H3,(H2,7,8);1-2H;;;1H/q;;;-1;;. The van der Waals surface area contributed by atoms with Crippen molar-refractivity contribution in [2.24, 2.45) is 0 Å². The molecule has 0 amide bonds. The van der Waals surface area contributed by atoms with Crippen molar-refractivity contribution in [3.05, 3.63) is 72.6 Å². The summed E-state index contributed by atoms with van der Waals surface area (Å²) in [5, 5.41) is 2.31. The minimum atomic E-state index is -0.360. The van der Waals surface area contributed by atoms with Crippen LogP contribution in [0.1, 0.15) is 49.7 Å². The van der Waals surface area contributed by atoms with Crippen LogP contribution in [-0.4, -0.2) is 55.1 Å². The number of anilines is 1. The van der Waals surface area contributed by atoms with Gasteiger partial charge in [0.1, 0.15) is 37.4 Å². The second-order valence-electron chi connectivity index (χ2n) is 6.75. The first-order valence-corrected chi connectivity index (χ1v) is 32.8.